The van der Waals surface area contributed by atoms with E-state index in [0.717, 1.165) is 39.2 Å². The number of carbonyl (C=O) groups excluding carboxylic acids is 2. The van der Waals surface area contributed by atoms with Crippen molar-refractivity contribution in [3.63, 3.8) is 0 Å². The quantitative estimate of drug-likeness (QED) is 0.0958. The molecule has 4 nitrogen and oxygen atoms in total. The van der Waals surface area contributed by atoms with Gasteiger partial charge in [-0.05, 0) is 169 Å². The fourth-order valence-electron chi connectivity index (χ4n) is 8.68. The van der Waals surface area contributed by atoms with Crippen LogP contribution in [0.15, 0.2) is 180 Å². The highest BCUT2D eigenvalue weighted by molar-refractivity contribution is 9.10. The van der Waals surface area contributed by atoms with E-state index in [2.05, 4.69) is 165 Å². The third-order valence-corrected chi connectivity index (χ3v) is 14.1. The molecule has 0 spiro atoms. The summed E-state index contributed by atoms with van der Waals surface area (Å²) in [5.74, 6) is 0.357. The molecule has 0 radical (unpaired) electrons. The van der Waals surface area contributed by atoms with Crippen molar-refractivity contribution in [2.45, 2.75) is 84.8 Å². The van der Waals surface area contributed by atoms with Crippen LogP contribution in [-0.4, -0.2) is 11.9 Å². The molecule has 3 unspecified atom stereocenters. The smallest absolute Gasteiger partial charge is 0.338 e. The molecule has 332 valence electrons. The summed E-state index contributed by atoms with van der Waals surface area (Å²) in [7, 11) is 0. The zero-order valence-electron chi connectivity index (χ0n) is 38.9. The Kier molecular flexibility index (Phi) is 13.9. The molecule has 0 heterocycles. The Morgan fingerprint density at radius 3 is 1.62 bits per heavy atom. The summed E-state index contributed by atoms with van der Waals surface area (Å²) in [6.07, 6.45) is 1.81. The predicted octanol–water partition coefficient (Wildman–Crippen LogP) is 17.5. The SMILES string of the molecule is CCC(C)c1ccc(C(=O)OC(C)(C)c2ccc3c(ccc4ccccc43)c2Br)cc1.CCC(C)c1ccc(C(=O)OC(C)c2ccc3c(ccc4cc(-c5ccccc5)ccc43)c2)cc1. The maximum atomic E-state index is 12.9. The van der Waals surface area contributed by atoms with Crippen LogP contribution in [0.5, 0.6) is 0 Å². The van der Waals surface area contributed by atoms with Crippen LogP contribution >= 0.6 is 15.9 Å². The van der Waals surface area contributed by atoms with Crippen LogP contribution in [0, 0.1) is 0 Å². The molecule has 0 aliphatic rings. The fourth-order valence-corrected chi connectivity index (χ4v) is 9.63. The second-order valence-corrected chi connectivity index (χ2v) is 18.8. The van der Waals surface area contributed by atoms with Gasteiger partial charge in [0, 0.05) is 10.0 Å². The lowest BCUT2D eigenvalue weighted by atomic mass is 9.93. The molecule has 0 saturated carbocycles. The van der Waals surface area contributed by atoms with Gasteiger partial charge in [0.05, 0.1) is 11.1 Å². The van der Waals surface area contributed by atoms with E-state index in [4.69, 9.17) is 9.47 Å². The fraction of sp³-hybridized carbons (Fsp3) is 0.213. The number of ether oxygens (including phenoxy) is 2. The predicted molar refractivity (Wildman–Crippen MR) is 279 cm³/mol. The lowest BCUT2D eigenvalue weighted by Crippen LogP contribution is -2.26. The van der Waals surface area contributed by atoms with Gasteiger partial charge in [-0.2, -0.15) is 0 Å². The maximum absolute atomic E-state index is 12.9. The van der Waals surface area contributed by atoms with E-state index in [1.54, 1.807) is 0 Å². The van der Waals surface area contributed by atoms with Crippen molar-refractivity contribution in [2.24, 2.45) is 0 Å². The summed E-state index contributed by atoms with van der Waals surface area (Å²) >= 11 is 3.79. The zero-order chi connectivity index (χ0) is 46.5. The van der Waals surface area contributed by atoms with Gasteiger partial charge in [-0.3, -0.25) is 0 Å². The first-order valence-corrected chi connectivity index (χ1v) is 23.9. The Morgan fingerprint density at radius 2 is 0.985 bits per heavy atom. The highest BCUT2D eigenvalue weighted by Crippen LogP contribution is 2.39. The van der Waals surface area contributed by atoms with Gasteiger partial charge in [0.1, 0.15) is 11.7 Å². The average molecular weight is 934 g/mol. The summed E-state index contributed by atoms with van der Waals surface area (Å²) in [5, 5.41) is 9.49. The average Bonchev–Trinajstić information content (AvgIpc) is 3.35. The maximum Gasteiger partial charge on any atom is 0.338 e. The molecule has 9 aromatic rings. The molecule has 0 aliphatic carbocycles. The Labute approximate surface area is 397 Å². The molecular formula is C61H57BrO4. The summed E-state index contributed by atoms with van der Waals surface area (Å²) in [6, 6.07) is 60.1. The second-order valence-electron chi connectivity index (χ2n) is 18.0. The third-order valence-electron chi connectivity index (χ3n) is 13.2. The minimum Gasteiger partial charge on any atom is -0.454 e. The van der Waals surface area contributed by atoms with Crippen LogP contribution in [0.25, 0.3) is 54.2 Å². The van der Waals surface area contributed by atoms with Crippen molar-refractivity contribution in [2.75, 3.05) is 0 Å². The Bertz CT molecular complexity index is 3170. The molecule has 9 rings (SSSR count). The molecule has 0 N–H and O–H groups in total. The lowest BCUT2D eigenvalue weighted by Gasteiger charge is -2.27. The van der Waals surface area contributed by atoms with Gasteiger partial charge < -0.3 is 9.47 Å². The van der Waals surface area contributed by atoms with Crippen molar-refractivity contribution in [1.29, 1.82) is 0 Å². The normalized spacial score (nSPS) is 12.9. The topological polar surface area (TPSA) is 52.6 Å². The number of fused-ring (bicyclic) bond motifs is 6. The molecule has 5 heteroatoms. The highest BCUT2D eigenvalue weighted by Gasteiger charge is 2.29. The second kappa shape index (κ2) is 19.9. The number of esters is 2. The zero-order valence-corrected chi connectivity index (χ0v) is 40.5. The number of halogens is 1. The van der Waals surface area contributed by atoms with Crippen LogP contribution in [0.3, 0.4) is 0 Å². The van der Waals surface area contributed by atoms with E-state index in [9.17, 15) is 9.59 Å². The summed E-state index contributed by atoms with van der Waals surface area (Å²) in [4.78, 5) is 25.6. The number of hydrogen-bond donors (Lipinski definition) is 0. The molecule has 0 amide bonds. The summed E-state index contributed by atoms with van der Waals surface area (Å²) < 4.78 is 12.8. The van der Waals surface area contributed by atoms with E-state index >= 15 is 0 Å². The standard InChI is InChI=1S/C33H30O2.C28H27BrO2/c1-4-22(2)24-10-12-26(13-11-24)33(34)35-23(3)27-16-18-31-29(20-27)14-15-30-21-28(17-19-32(30)31)25-8-6-5-7-9-25;1-5-18(2)19-10-12-21(13-11-19)27(30)31-28(3,4)25-17-16-23-22-9-7-6-8-20(22)14-15-24(23)26(25)29/h5-23H,4H2,1-3H3;6-18H,5H2,1-4H3. The van der Waals surface area contributed by atoms with Gasteiger partial charge in [-0.1, -0.05) is 167 Å². The van der Waals surface area contributed by atoms with Crippen LogP contribution in [0.2, 0.25) is 0 Å². The Morgan fingerprint density at radius 1 is 0.485 bits per heavy atom. The first kappa shape index (κ1) is 46.0. The van der Waals surface area contributed by atoms with Gasteiger partial charge in [0.15, 0.2) is 0 Å². The molecule has 9 aromatic carbocycles. The number of hydrogen-bond acceptors (Lipinski definition) is 4. The van der Waals surface area contributed by atoms with E-state index in [0.29, 0.717) is 23.0 Å². The number of rotatable bonds is 11. The molecule has 0 saturated heterocycles. The van der Waals surface area contributed by atoms with Crippen molar-refractivity contribution >= 4 is 71.0 Å². The van der Waals surface area contributed by atoms with E-state index in [-0.39, 0.29) is 18.0 Å². The lowest BCUT2D eigenvalue weighted by molar-refractivity contribution is -0.00340. The highest BCUT2D eigenvalue weighted by atomic mass is 79.9. The van der Waals surface area contributed by atoms with Gasteiger partial charge in [-0.25, -0.2) is 9.59 Å². The van der Waals surface area contributed by atoms with E-state index in [1.165, 1.54) is 54.6 Å². The molecule has 0 bridgehead atoms. The van der Waals surface area contributed by atoms with Gasteiger partial charge in [0.2, 0.25) is 0 Å². The van der Waals surface area contributed by atoms with Crippen LogP contribution < -0.4 is 0 Å². The summed E-state index contributed by atoms with van der Waals surface area (Å²) in [6.45, 7) is 14.5. The van der Waals surface area contributed by atoms with Gasteiger partial charge in [-0.15, -0.1) is 0 Å². The molecule has 0 fully saturated rings. The molecule has 3 atom stereocenters. The Hall–Kier alpha value is -6.56. The molecule has 0 aromatic heterocycles. The monoisotopic (exact) mass is 932 g/mol. The first-order valence-electron chi connectivity index (χ1n) is 23.1. The van der Waals surface area contributed by atoms with Gasteiger partial charge >= 0.3 is 11.9 Å². The molecule has 0 aliphatic heterocycles. The third kappa shape index (κ3) is 9.83. The first-order chi connectivity index (χ1) is 31.8. The summed E-state index contributed by atoms with van der Waals surface area (Å²) in [5.41, 5.74) is 7.22. The molecule has 66 heavy (non-hydrogen) atoms. The minimum atomic E-state index is -0.787. The molecular weight excluding hydrogens is 877 g/mol. The van der Waals surface area contributed by atoms with Crippen molar-refractivity contribution in [3.05, 3.63) is 214 Å². The van der Waals surface area contributed by atoms with Crippen LogP contribution in [0.4, 0.5) is 0 Å². The number of carbonyl (C=O) groups is 2. The number of benzene rings is 9. The van der Waals surface area contributed by atoms with Crippen LogP contribution in [0.1, 0.15) is 122 Å². The van der Waals surface area contributed by atoms with E-state index < -0.39 is 5.60 Å². The minimum absolute atomic E-state index is 0.291. The van der Waals surface area contributed by atoms with E-state index in [1.807, 2.05) is 75.4 Å². The van der Waals surface area contributed by atoms with Crippen LogP contribution in [-0.2, 0) is 15.1 Å². The van der Waals surface area contributed by atoms with Gasteiger partial charge in [0.25, 0.3) is 0 Å². The van der Waals surface area contributed by atoms with Crippen molar-refractivity contribution in [3.8, 4) is 11.1 Å². The van der Waals surface area contributed by atoms with Crippen molar-refractivity contribution < 1.29 is 19.1 Å². The largest absolute Gasteiger partial charge is 0.454 e. The van der Waals surface area contributed by atoms with Crippen molar-refractivity contribution in [1.82, 2.24) is 0 Å². The Balaban J connectivity index is 0.000000181.